The molecule has 2 aliphatic heterocycles. The van der Waals surface area contributed by atoms with E-state index in [2.05, 4.69) is 13.8 Å². The van der Waals surface area contributed by atoms with Crippen molar-refractivity contribution < 1.29 is 58.4 Å². The maximum Gasteiger partial charge on any atom is 0.302 e. The molecule has 2 heterocycles. The molecule has 0 spiro atoms. The lowest BCUT2D eigenvalue weighted by atomic mass is 9.96. The van der Waals surface area contributed by atoms with Crippen LogP contribution < -0.4 is 0 Å². The second-order valence-corrected chi connectivity index (χ2v) is 11.6. The molecule has 0 radical (unpaired) electrons. The Balaban J connectivity index is 2.13. The highest BCUT2D eigenvalue weighted by Crippen LogP contribution is 2.32. The van der Waals surface area contributed by atoms with Gasteiger partial charge in [0.25, 0.3) is 0 Å². The van der Waals surface area contributed by atoms with Gasteiger partial charge >= 0.3 is 5.97 Å². The molecule has 0 aromatic carbocycles. The van der Waals surface area contributed by atoms with Crippen LogP contribution in [0.2, 0.25) is 0 Å². The highest BCUT2D eigenvalue weighted by atomic mass is 16.7. The summed E-state index contributed by atoms with van der Waals surface area (Å²) in [6.07, 6.45) is 1.23. The van der Waals surface area contributed by atoms with Crippen LogP contribution in [0.1, 0.15) is 97.8 Å². The first-order valence-corrected chi connectivity index (χ1v) is 16.3. The second kappa shape index (κ2) is 21.7. The summed E-state index contributed by atoms with van der Waals surface area (Å²) in [5.41, 5.74) is 0. The van der Waals surface area contributed by atoms with Gasteiger partial charge in [-0.3, -0.25) is 4.79 Å². The Morgan fingerprint density at radius 2 is 1.21 bits per heavy atom. The molecule has 2 rings (SSSR count). The lowest BCUT2D eigenvalue weighted by molar-refractivity contribution is -0.362. The van der Waals surface area contributed by atoms with Crippen molar-refractivity contribution >= 4 is 5.97 Å². The van der Waals surface area contributed by atoms with Crippen molar-refractivity contribution in [3.63, 3.8) is 0 Å². The quantitative estimate of drug-likeness (QED) is 0.103. The van der Waals surface area contributed by atoms with Crippen LogP contribution in [0.3, 0.4) is 0 Å². The minimum Gasteiger partial charge on any atom is -0.463 e. The third-order valence-electron chi connectivity index (χ3n) is 8.03. The summed E-state index contributed by atoms with van der Waals surface area (Å²) >= 11 is 0. The van der Waals surface area contributed by atoms with Crippen LogP contribution in [0.25, 0.3) is 0 Å². The van der Waals surface area contributed by atoms with Gasteiger partial charge in [-0.05, 0) is 12.8 Å². The van der Waals surface area contributed by atoms with E-state index in [4.69, 9.17) is 33.2 Å². The number of carbonyl (C=O) groups is 1. The molecule has 4 N–H and O–H groups in total. The molecule has 12 heteroatoms. The first-order valence-electron chi connectivity index (χ1n) is 16.3. The molecule has 2 saturated heterocycles. The fourth-order valence-corrected chi connectivity index (χ4v) is 5.51. The summed E-state index contributed by atoms with van der Waals surface area (Å²) in [4.78, 5) is 11.5. The third kappa shape index (κ3) is 12.8. The highest BCUT2D eigenvalue weighted by molar-refractivity contribution is 5.65. The van der Waals surface area contributed by atoms with Crippen molar-refractivity contribution in [2.45, 2.75) is 159 Å². The van der Waals surface area contributed by atoms with Crippen molar-refractivity contribution in [1.29, 1.82) is 0 Å². The van der Waals surface area contributed by atoms with Gasteiger partial charge in [-0.15, -0.1) is 0 Å². The van der Waals surface area contributed by atoms with Gasteiger partial charge in [0, 0.05) is 27.2 Å². The smallest absolute Gasteiger partial charge is 0.302 e. The molecule has 2 fully saturated rings. The summed E-state index contributed by atoms with van der Waals surface area (Å²) in [5, 5.41) is 43.1. The summed E-state index contributed by atoms with van der Waals surface area (Å²) < 4.78 is 40.3. The van der Waals surface area contributed by atoms with Gasteiger partial charge in [-0.1, -0.05) is 78.1 Å². The predicted molar refractivity (Wildman–Crippen MR) is 157 cm³/mol. The molecule has 0 bridgehead atoms. The van der Waals surface area contributed by atoms with E-state index in [9.17, 15) is 25.2 Å². The molecule has 0 aromatic rings. The van der Waals surface area contributed by atoms with Crippen LogP contribution >= 0.6 is 0 Å². The highest BCUT2D eigenvalue weighted by Gasteiger charge is 2.52. The van der Waals surface area contributed by atoms with Crippen molar-refractivity contribution in [2.24, 2.45) is 0 Å². The molecule has 0 amide bonds. The zero-order valence-electron chi connectivity index (χ0n) is 26.6. The lowest BCUT2D eigenvalue weighted by Crippen LogP contribution is -2.65. The van der Waals surface area contributed by atoms with Gasteiger partial charge in [0.1, 0.15) is 55.4 Å². The number of esters is 1. The Hall–Kier alpha value is -0.930. The van der Waals surface area contributed by atoms with Crippen LogP contribution in [0, 0.1) is 0 Å². The van der Waals surface area contributed by atoms with Crippen LogP contribution in [0.4, 0.5) is 0 Å². The molecular formula is C31H58O12. The minimum atomic E-state index is -1.52. The largest absolute Gasteiger partial charge is 0.463 e. The molecule has 0 unspecified atom stereocenters. The average Bonchev–Trinajstić information content (AvgIpc) is 2.99. The predicted octanol–water partition coefficient (Wildman–Crippen LogP) is 2.60. The lowest BCUT2D eigenvalue weighted by Gasteiger charge is -2.47. The normalized spacial score (nSPS) is 33.0. The van der Waals surface area contributed by atoms with Crippen LogP contribution in [-0.2, 0) is 38.0 Å². The van der Waals surface area contributed by atoms with E-state index in [0.717, 1.165) is 44.9 Å². The van der Waals surface area contributed by atoms with E-state index in [0.29, 0.717) is 13.2 Å². The number of aliphatic hydroxyl groups excluding tert-OH is 4. The number of hydrogen-bond donors (Lipinski definition) is 4. The molecule has 2 aliphatic rings. The molecule has 10 atom stereocenters. The summed E-state index contributed by atoms with van der Waals surface area (Å²) in [5.74, 6) is -0.570. The molecule has 0 aliphatic carbocycles. The molecule has 0 saturated carbocycles. The maximum atomic E-state index is 11.5. The van der Waals surface area contributed by atoms with Crippen LogP contribution in [-0.4, -0.2) is 121 Å². The number of rotatable bonds is 22. The van der Waals surface area contributed by atoms with Crippen LogP contribution in [0.15, 0.2) is 0 Å². The van der Waals surface area contributed by atoms with Gasteiger partial charge < -0.3 is 53.6 Å². The molecule has 12 nitrogen and oxygen atoms in total. The van der Waals surface area contributed by atoms with Crippen molar-refractivity contribution in [3.8, 4) is 0 Å². The van der Waals surface area contributed by atoms with Crippen molar-refractivity contribution in [3.05, 3.63) is 0 Å². The van der Waals surface area contributed by atoms with Crippen LogP contribution in [0.5, 0.6) is 0 Å². The monoisotopic (exact) mass is 622 g/mol. The number of ether oxygens (including phenoxy) is 7. The number of unbranched alkanes of at least 4 members (excludes halogenated alkanes) is 10. The van der Waals surface area contributed by atoms with E-state index in [1.807, 2.05) is 0 Å². The van der Waals surface area contributed by atoms with Gasteiger partial charge in [0.2, 0.25) is 0 Å². The maximum absolute atomic E-state index is 11.5. The zero-order chi connectivity index (χ0) is 31.6. The van der Waals surface area contributed by atoms with E-state index >= 15 is 0 Å². The van der Waals surface area contributed by atoms with Gasteiger partial charge in [-0.2, -0.15) is 0 Å². The van der Waals surface area contributed by atoms with Gasteiger partial charge in [-0.25, -0.2) is 0 Å². The SMILES string of the molecule is CCCCCCCCO[C@@H]1[C@@H](O)[C@H](O[C@H]2[C@H](O)[C@@H](O)[C@H](OC)O[C@@H]2COC(C)=O)O[C@H](CO)[C@@H]1OCCCCCCCC. The summed E-state index contributed by atoms with van der Waals surface area (Å²) in [6, 6.07) is 0. The van der Waals surface area contributed by atoms with Gasteiger partial charge in [0.05, 0.1) is 6.61 Å². The van der Waals surface area contributed by atoms with Crippen molar-refractivity contribution in [2.75, 3.05) is 33.5 Å². The zero-order valence-corrected chi connectivity index (χ0v) is 26.6. The minimum absolute atomic E-state index is 0.294. The van der Waals surface area contributed by atoms with E-state index in [-0.39, 0.29) is 6.61 Å². The average molecular weight is 623 g/mol. The summed E-state index contributed by atoms with van der Waals surface area (Å²) in [7, 11) is 1.31. The van der Waals surface area contributed by atoms with E-state index in [1.165, 1.54) is 46.1 Å². The fourth-order valence-electron chi connectivity index (χ4n) is 5.51. The van der Waals surface area contributed by atoms with E-state index in [1.54, 1.807) is 0 Å². The first-order chi connectivity index (χ1) is 20.8. The number of carbonyl (C=O) groups excluding carboxylic acids is 1. The fraction of sp³-hybridized carbons (Fsp3) is 0.968. The molecule has 43 heavy (non-hydrogen) atoms. The Kier molecular flexibility index (Phi) is 19.3. The molecular weight excluding hydrogens is 564 g/mol. The molecule has 0 aromatic heterocycles. The van der Waals surface area contributed by atoms with E-state index < -0.39 is 74.0 Å². The van der Waals surface area contributed by atoms with Gasteiger partial charge in [0.15, 0.2) is 12.6 Å². The standard InChI is InChI=1S/C31H58O12/c1-5-7-9-11-13-15-17-38-28-22(19-32)41-31(26(36)29(28)39-18-16-14-12-10-8-6-2)43-27-23(20-40-21(3)33)42-30(37-4)25(35)24(27)34/h22-32,34-36H,5-20H2,1-4H3/t22-,23-,24-,25-,26-,27-,28+,29-,30-,31+/m1/s1. The number of hydrogen-bond acceptors (Lipinski definition) is 12. The molecule has 254 valence electrons. The topological polar surface area (TPSA) is 163 Å². The Labute approximate surface area is 257 Å². The number of methoxy groups -OCH3 is 1. The van der Waals surface area contributed by atoms with Crippen molar-refractivity contribution in [1.82, 2.24) is 0 Å². The Morgan fingerprint density at radius 3 is 1.74 bits per heavy atom. The second-order valence-electron chi connectivity index (χ2n) is 11.6. The third-order valence-corrected chi connectivity index (χ3v) is 8.03. The Morgan fingerprint density at radius 1 is 0.674 bits per heavy atom. The number of aliphatic hydroxyl groups is 4. The summed E-state index contributed by atoms with van der Waals surface area (Å²) in [6.45, 7) is 5.68. The Bertz CT molecular complexity index is 727. The first kappa shape index (κ1) is 38.3.